The van der Waals surface area contributed by atoms with E-state index in [1.807, 2.05) is 18.2 Å². The minimum absolute atomic E-state index is 0.0778. The predicted molar refractivity (Wildman–Crippen MR) is 111 cm³/mol. The van der Waals surface area contributed by atoms with E-state index in [0.29, 0.717) is 25.2 Å². The number of hydrogen-bond acceptors (Lipinski definition) is 4. The number of halogens is 1. The van der Waals surface area contributed by atoms with Crippen LogP contribution < -0.4 is 4.90 Å². The van der Waals surface area contributed by atoms with Crippen LogP contribution in [0, 0.1) is 5.82 Å². The number of carbonyl (C=O) groups is 1. The smallest absolute Gasteiger partial charge is 0.407 e. The fraction of sp³-hybridized carbons (Fsp3) is 0.318. The maximum absolute atomic E-state index is 13.8. The van der Waals surface area contributed by atoms with Crippen LogP contribution in [0.25, 0.3) is 11.2 Å². The van der Waals surface area contributed by atoms with E-state index in [4.69, 9.17) is 5.10 Å². The molecular weight excluding hydrogens is 385 g/mol. The van der Waals surface area contributed by atoms with Gasteiger partial charge in [-0.25, -0.2) is 18.7 Å². The summed E-state index contributed by atoms with van der Waals surface area (Å²) in [6, 6.07) is 10.7. The maximum atomic E-state index is 13.8. The molecule has 0 radical (unpaired) electrons. The Hall–Kier alpha value is -3.42. The van der Waals surface area contributed by atoms with Gasteiger partial charge in [-0.1, -0.05) is 18.2 Å². The van der Waals surface area contributed by atoms with Gasteiger partial charge in [0, 0.05) is 13.1 Å². The third-order valence-corrected chi connectivity index (χ3v) is 5.88. The van der Waals surface area contributed by atoms with Crippen molar-refractivity contribution in [2.75, 3.05) is 24.5 Å². The Kier molecular flexibility index (Phi) is 4.61. The second-order valence-corrected chi connectivity index (χ2v) is 7.73. The highest BCUT2D eigenvalue weighted by Gasteiger charge is 2.28. The molecule has 1 aromatic carbocycles. The lowest BCUT2D eigenvalue weighted by Gasteiger charge is -2.26. The van der Waals surface area contributed by atoms with Gasteiger partial charge < -0.3 is 14.9 Å². The number of benzene rings is 1. The van der Waals surface area contributed by atoms with Crippen LogP contribution in [0.5, 0.6) is 0 Å². The monoisotopic (exact) mass is 407 g/mol. The molecule has 7 nitrogen and oxygen atoms in total. The largest absolute Gasteiger partial charge is 0.465 e. The summed E-state index contributed by atoms with van der Waals surface area (Å²) in [6.07, 6.45) is 5.51. The van der Waals surface area contributed by atoms with Crippen molar-refractivity contribution in [3.63, 3.8) is 0 Å². The fourth-order valence-corrected chi connectivity index (χ4v) is 4.43. The first kappa shape index (κ1) is 18.6. The van der Waals surface area contributed by atoms with Crippen LogP contribution in [0.4, 0.5) is 15.0 Å². The third kappa shape index (κ3) is 3.28. The average Bonchev–Trinajstić information content (AvgIpc) is 3.40. The van der Waals surface area contributed by atoms with E-state index in [1.165, 1.54) is 11.0 Å². The van der Waals surface area contributed by atoms with Crippen LogP contribution in [-0.2, 0) is 0 Å². The molecule has 0 aliphatic carbocycles. The summed E-state index contributed by atoms with van der Waals surface area (Å²) in [6.45, 7) is 1.67. The van der Waals surface area contributed by atoms with Crippen molar-refractivity contribution < 1.29 is 14.3 Å². The number of imidazole rings is 1. The Morgan fingerprint density at radius 3 is 2.93 bits per heavy atom. The first-order chi connectivity index (χ1) is 14.6. The van der Waals surface area contributed by atoms with Gasteiger partial charge in [0.2, 0.25) is 0 Å². The molecule has 8 heteroatoms. The van der Waals surface area contributed by atoms with Crippen molar-refractivity contribution in [3.8, 4) is 0 Å². The number of carboxylic acid groups (broad SMARTS) is 1. The van der Waals surface area contributed by atoms with Gasteiger partial charge in [-0.15, -0.1) is 5.10 Å². The van der Waals surface area contributed by atoms with E-state index >= 15 is 0 Å². The number of nitrogens with zero attached hydrogens (tertiary/aromatic N) is 5. The van der Waals surface area contributed by atoms with Gasteiger partial charge in [0.25, 0.3) is 0 Å². The minimum atomic E-state index is -0.918. The Balaban J connectivity index is 1.50. The van der Waals surface area contributed by atoms with E-state index in [1.54, 1.807) is 22.8 Å². The summed E-state index contributed by atoms with van der Waals surface area (Å²) in [5, 5.41) is 14.2. The van der Waals surface area contributed by atoms with Crippen molar-refractivity contribution in [3.05, 3.63) is 65.7 Å². The number of hydrogen-bond donors (Lipinski definition) is 1. The molecule has 1 saturated heterocycles. The van der Waals surface area contributed by atoms with Crippen LogP contribution in [0.3, 0.4) is 0 Å². The first-order valence-corrected chi connectivity index (χ1v) is 10.1. The lowest BCUT2D eigenvalue weighted by molar-refractivity contribution is 0.150. The van der Waals surface area contributed by atoms with Gasteiger partial charge in [0.1, 0.15) is 11.6 Å². The van der Waals surface area contributed by atoms with Gasteiger partial charge in [0.15, 0.2) is 5.65 Å². The van der Waals surface area contributed by atoms with E-state index in [9.17, 15) is 14.3 Å². The number of amides is 1. The Labute approximate surface area is 173 Å². The lowest BCUT2D eigenvalue weighted by atomic mass is 10.0. The molecule has 0 bridgehead atoms. The molecule has 2 aromatic heterocycles. The topological polar surface area (TPSA) is 74.0 Å². The van der Waals surface area contributed by atoms with E-state index in [2.05, 4.69) is 16.0 Å². The lowest BCUT2D eigenvalue weighted by Crippen LogP contribution is -2.34. The summed E-state index contributed by atoms with van der Waals surface area (Å²) in [5.74, 6) is 0.576. The van der Waals surface area contributed by atoms with Gasteiger partial charge in [-0.2, -0.15) is 0 Å². The van der Waals surface area contributed by atoms with Gasteiger partial charge in [-0.05, 0) is 54.7 Å². The van der Waals surface area contributed by atoms with Crippen molar-refractivity contribution in [2.45, 2.75) is 25.3 Å². The minimum Gasteiger partial charge on any atom is -0.465 e. The molecule has 2 aliphatic heterocycles. The van der Waals surface area contributed by atoms with Crippen LogP contribution in [0.15, 0.2) is 48.7 Å². The van der Waals surface area contributed by atoms with Gasteiger partial charge in [0.05, 0.1) is 24.5 Å². The second kappa shape index (κ2) is 7.44. The van der Waals surface area contributed by atoms with E-state index in [-0.39, 0.29) is 11.9 Å². The second-order valence-electron chi connectivity index (χ2n) is 7.73. The maximum Gasteiger partial charge on any atom is 0.407 e. The molecule has 154 valence electrons. The Morgan fingerprint density at radius 2 is 2.10 bits per heavy atom. The highest BCUT2D eigenvalue weighted by Crippen LogP contribution is 2.35. The molecule has 4 heterocycles. The number of aromatic nitrogens is 3. The van der Waals surface area contributed by atoms with Crippen molar-refractivity contribution >= 4 is 23.1 Å². The van der Waals surface area contributed by atoms with Gasteiger partial charge in [-0.3, -0.25) is 0 Å². The van der Waals surface area contributed by atoms with Crippen LogP contribution in [0.1, 0.15) is 36.6 Å². The molecule has 1 fully saturated rings. The SMILES string of the molecule is O=C(O)N1CCC=C(c2cnc3ccc(N4CCCC4c4cccc(F)c4)nn23)C1. The molecule has 3 aromatic rings. The number of fused-ring (bicyclic) bond motifs is 1. The van der Waals surface area contributed by atoms with Crippen LogP contribution in [0.2, 0.25) is 0 Å². The molecule has 1 amide bonds. The highest BCUT2D eigenvalue weighted by atomic mass is 19.1. The first-order valence-electron chi connectivity index (χ1n) is 10.1. The van der Waals surface area contributed by atoms with Crippen LogP contribution >= 0.6 is 0 Å². The Morgan fingerprint density at radius 1 is 1.20 bits per heavy atom. The molecule has 30 heavy (non-hydrogen) atoms. The van der Waals surface area contributed by atoms with Crippen molar-refractivity contribution in [1.29, 1.82) is 0 Å². The summed E-state index contributed by atoms with van der Waals surface area (Å²) in [7, 11) is 0. The molecule has 5 rings (SSSR count). The molecular formula is C22H22FN5O2. The zero-order chi connectivity index (χ0) is 20.7. The highest BCUT2D eigenvalue weighted by molar-refractivity contribution is 5.73. The summed E-state index contributed by atoms with van der Waals surface area (Å²) >= 11 is 0. The van der Waals surface area contributed by atoms with Gasteiger partial charge >= 0.3 is 6.09 Å². The quantitative estimate of drug-likeness (QED) is 0.711. The zero-order valence-electron chi connectivity index (χ0n) is 16.4. The molecule has 1 N–H and O–H groups in total. The average molecular weight is 407 g/mol. The van der Waals surface area contributed by atoms with Crippen molar-refractivity contribution in [1.82, 2.24) is 19.5 Å². The summed E-state index contributed by atoms with van der Waals surface area (Å²) < 4.78 is 15.6. The summed E-state index contributed by atoms with van der Waals surface area (Å²) in [4.78, 5) is 19.4. The Bertz CT molecular complexity index is 1140. The molecule has 2 aliphatic rings. The number of anilines is 1. The zero-order valence-corrected chi connectivity index (χ0v) is 16.4. The molecule has 1 unspecified atom stereocenters. The fourth-order valence-electron chi connectivity index (χ4n) is 4.43. The van der Waals surface area contributed by atoms with E-state index in [0.717, 1.165) is 42.0 Å². The standard InChI is InChI=1S/C22H22FN5O2/c23-17-6-1-4-15(12-17)18-7-3-11-27(18)21-9-8-20-24-13-19(28(20)25-21)16-5-2-10-26(14-16)22(29)30/h1,4-6,8-9,12-13,18H,2-3,7,10-11,14H2,(H,29,30). The van der Waals surface area contributed by atoms with Crippen LogP contribution in [-0.4, -0.2) is 50.3 Å². The summed E-state index contributed by atoms with van der Waals surface area (Å²) in [5.41, 5.74) is 3.37. The number of rotatable bonds is 3. The van der Waals surface area contributed by atoms with E-state index < -0.39 is 6.09 Å². The predicted octanol–water partition coefficient (Wildman–Crippen LogP) is 3.98. The molecule has 0 saturated carbocycles. The molecule has 0 spiro atoms. The van der Waals surface area contributed by atoms with Crippen molar-refractivity contribution in [2.24, 2.45) is 0 Å². The molecule has 1 atom stereocenters. The normalized spacial score (nSPS) is 19.4. The third-order valence-electron chi connectivity index (χ3n) is 5.88.